The third kappa shape index (κ3) is 6.99. The number of nitrogens with zero attached hydrogens (tertiary/aromatic N) is 2. The Morgan fingerprint density at radius 2 is 1.91 bits per heavy atom. The molecule has 7 heteroatoms. The second kappa shape index (κ2) is 11.0. The van der Waals surface area contributed by atoms with Crippen LogP contribution in [-0.2, 0) is 6.54 Å². The molecule has 1 heterocycles. The summed E-state index contributed by atoms with van der Waals surface area (Å²) in [6, 6.07) is -0.0786. The van der Waals surface area contributed by atoms with Crippen molar-refractivity contribution in [2.45, 2.75) is 53.0 Å². The van der Waals surface area contributed by atoms with Crippen LogP contribution < -0.4 is 10.6 Å². The van der Waals surface area contributed by atoms with Gasteiger partial charge in [0.25, 0.3) is 5.91 Å². The van der Waals surface area contributed by atoms with Gasteiger partial charge in [0.2, 0.25) is 0 Å². The Morgan fingerprint density at radius 1 is 1.17 bits per heavy atom. The number of carbonyl (C=O) groups excluding carboxylic acids is 2. The molecule has 0 aliphatic heterocycles. The Morgan fingerprint density at radius 3 is 2.57 bits per heavy atom. The van der Waals surface area contributed by atoms with Crippen molar-refractivity contribution in [1.82, 2.24) is 20.5 Å². The standard InChI is InChI=1S/C16H28N4O2S/c1-4-7-9-18-15(21)13-12-23-14(19-13)11-20(10-8-5-2)16(22)17-6-3/h12H,4-11H2,1-3H3,(H,17,22)(H,18,21). The molecule has 1 rings (SSSR count). The summed E-state index contributed by atoms with van der Waals surface area (Å²) in [4.78, 5) is 30.2. The van der Waals surface area contributed by atoms with Crippen molar-refractivity contribution in [3.63, 3.8) is 0 Å². The van der Waals surface area contributed by atoms with E-state index in [1.165, 1.54) is 11.3 Å². The highest BCUT2D eigenvalue weighted by molar-refractivity contribution is 7.09. The normalized spacial score (nSPS) is 10.4. The van der Waals surface area contributed by atoms with Gasteiger partial charge in [-0.05, 0) is 19.8 Å². The first-order valence-corrected chi connectivity index (χ1v) is 9.25. The molecule has 0 unspecified atom stereocenters. The van der Waals surface area contributed by atoms with Gasteiger partial charge in [-0.3, -0.25) is 4.79 Å². The van der Waals surface area contributed by atoms with Crippen molar-refractivity contribution in [2.75, 3.05) is 19.6 Å². The van der Waals surface area contributed by atoms with Gasteiger partial charge in [-0.1, -0.05) is 26.7 Å². The molecule has 0 saturated carbocycles. The van der Waals surface area contributed by atoms with E-state index in [0.29, 0.717) is 31.9 Å². The first kappa shape index (κ1) is 19.4. The molecule has 130 valence electrons. The van der Waals surface area contributed by atoms with Gasteiger partial charge in [-0.15, -0.1) is 11.3 Å². The van der Waals surface area contributed by atoms with Crippen molar-refractivity contribution in [1.29, 1.82) is 0 Å². The Bertz CT molecular complexity index is 490. The summed E-state index contributed by atoms with van der Waals surface area (Å²) in [6.07, 6.45) is 3.98. The number of urea groups is 1. The fourth-order valence-electron chi connectivity index (χ4n) is 1.98. The van der Waals surface area contributed by atoms with Gasteiger partial charge in [-0.25, -0.2) is 9.78 Å². The lowest BCUT2D eigenvalue weighted by atomic mass is 10.3. The summed E-state index contributed by atoms with van der Waals surface area (Å²) in [5.41, 5.74) is 0.437. The third-order valence-electron chi connectivity index (χ3n) is 3.32. The van der Waals surface area contributed by atoms with Crippen LogP contribution in [0.5, 0.6) is 0 Å². The van der Waals surface area contributed by atoms with Gasteiger partial charge in [0.1, 0.15) is 10.7 Å². The molecule has 0 saturated heterocycles. The zero-order valence-corrected chi connectivity index (χ0v) is 15.2. The van der Waals surface area contributed by atoms with E-state index in [1.807, 2.05) is 6.92 Å². The largest absolute Gasteiger partial charge is 0.351 e. The van der Waals surface area contributed by atoms with Crippen LogP contribution in [0.3, 0.4) is 0 Å². The summed E-state index contributed by atoms with van der Waals surface area (Å²) in [6.45, 7) is 8.49. The zero-order chi connectivity index (χ0) is 17.1. The molecule has 0 bridgehead atoms. The minimum absolute atomic E-state index is 0.0786. The number of carbonyl (C=O) groups is 2. The van der Waals surface area contributed by atoms with Gasteiger partial charge in [0, 0.05) is 25.0 Å². The number of nitrogens with one attached hydrogen (secondary N) is 2. The summed E-state index contributed by atoms with van der Waals surface area (Å²) in [5.74, 6) is -0.140. The van der Waals surface area contributed by atoms with E-state index < -0.39 is 0 Å². The molecule has 0 radical (unpaired) electrons. The van der Waals surface area contributed by atoms with E-state index in [0.717, 1.165) is 30.7 Å². The van der Waals surface area contributed by atoms with Crippen molar-refractivity contribution in [2.24, 2.45) is 0 Å². The van der Waals surface area contributed by atoms with E-state index in [1.54, 1.807) is 10.3 Å². The topological polar surface area (TPSA) is 74.3 Å². The molecule has 0 aliphatic rings. The lowest BCUT2D eigenvalue weighted by Crippen LogP contribution is -2.40. The first-order valence-electron chi connectivity index (χ1n) is 8.37. The molecular formula is C16H28N4O2S. The van der Waals surface area contributed by atoms with Crippen molar-refractivity contribution in [3.05, 3.63) is 16.1 Å². The van der Waals surface area contributed by atoms with Crippen molar-refractivity contribution in [3.8, 4) is 0 Å². The van der Waals surface area contributed by atoms with Crippen LogP contribution in [0.1, 0.15) is 62.0 Å². The van der Waals surface area contributed by atoms with E-state index in [-0.39, 0.29) is 11.9 Å². The second-order valence-electron chi connectivity index (χ2n) is 5.35. The van der Waals surface area contributed by atoms with E-state index in [9.17, 15) is 9.59 Å². The summed E-state index contributed by atoms with van der Waals surface area (Å²) >= 11 is 1.42. The first-order chi connectivity index (χ1) is 11.1. The van der Waals surface area contributed by atoms with Crippen LogP contribution in [0.25, 0.3) is 0 Å². The van der Waals surface area contributed by atoms with E-state index >= 15 is 0 Å². The van der Waals surface area contributed by atoms with Crippen molar-refractivity contribution >= 4 is 23.3 Å². The Hall–Kier alpha value is -1.63. The molecule has 0 aliphatic carbocycles. The maximum atomic E-state index is 12.1. The van der Waals surface area contributed by atoms with Crippen LogP contribution in [-0.4, -0.2) is 41.5 Å². The van der Waals surface area contributed by atoms with Gasteiger partial charge in [0.05, 0.1) is 6.54 Å². The van der Waals surface area contributed by atoms with Crippen LogP contribution in [0.2, 0.25) is 0 Å². The smallest absolute Gasteiger partial charge is 0.317 e. The average Bonchev–Trinajstić information content (AvgIpc) is 3.00. The molecular weight excluding hydrogens is 312 g/mol. The Kier molecular flexibility index (Phi) is 9.28. The molecule has 23 heavy (non-hydrogen) atoms. The summed E-state index contributed by atoms with van der Waals surface area (Å²) in [7, 11) is 0. The van der Waals surface area contributed by atoms with Gasteiger partial charge in [-0.2, -0.15) is 0 Å². The van der Waals surface area contributed by atoms with E-state index in [4.69, 9.17) is 0 Å². The zero-order valence-electron chi connectivity index (χ0n) is 14.4. The number of amides is 3. The Balaban J connectivity index is 2.62. The average molecular weight is 340 g/mol. The highest BCUT2D eigenvalue weighted by Gasteiger charge is 2.16. The van der Waals surface area contributed by atoms with Crippen LogP contribution in [0.4, 0.5) is 4.79 Å². The maximum Gasteiger partial charge on any atom is 0.317 e. The second-order valence-corrected chi connectivity index (χ2v) is 6.29. The van der Waals surface area contributed by atoms with Crippen LogP contribution in [0, 0.1) is 0 Å². The van der Waals surface area contributed by atoms with Gasteiger partial charge in [0.15, 0.2) is 0 Å². The molecule has 3 amide bonds. The lowest BCUT2D eigenvalue weighted by molar-refractivity contribution is 0.0948. The lowest BCUT2D eigenvalue weighted by Gasteiger charge is -2.21. The summed E-state index contributed by atoms with van der Waals surface area (Å²) < 4.78 is 0. The molecule has 0 fully saturated rings. The highest BCUT2D eigenvalue weighted by Crippen LogP contribution is 2.13. The molecule has 1 aromatic heterocycles. The van der Waals surface area contributed by atoms with Crippen molar-refractivity contribution < 1.29 is 9.59 Å². The number of aromatic nitrogens is 1. The molecule has 0 spiro atoms. The fraction of sp³-hybridized carbons (Fsp3) is 0.688. The van der Waals surface area contributed by atoms with Gasteiger partial charge >= 0.3 is 6.03 Å². The quantitative estimate of drug-likeness (QED) is 0.643. The minimum Gasteiger partial charge on any atom is -0.351 e. The Labute approximate surface area is 142 Å². The molecule has 1 aromatic rings. The summed E-state index contributed by atoms with van der Waals surface area (Å²) in [5, 5.41) is 8.22. The highest BCUT2D eigenvalue weighted by atomic mass is 32.1. The van der Waals surface area contributed by atoms with Gasteiger partial charge < -0.3 is 15.5 Å². The van der Waals surface area contributed by atoms with Crippen LogP contribution in [0.15, 0.2) is 5.38 Å². The number of thiazole rings is 1. The van der Waals surface area contributed by atoms with E-state index in [2.05, 4.69) is 29.5 Å². The molecule has 0 aromatic carbocycles. The minimum atomic E-state index is -0.140. The number of hydrogen-bond acceptors (Lipinski definition) is 4. The predicted octanol–water partition coefficient (Wildman–Crippen LogP) is 3.00. The van der Waals surface area contributed by atoms with Crippen LogP contribution >= 0.6 is 11.3 Å². The number of hydrogen-bond donors (Lipinski definition) is 2. The SMILES string of the molecule is CCCCNC(=O)c1csc(CN(CCCC)C(=O)NCC)n1. The maximum absolute atomic E-state index is 12.1. The number of rotatable bonds is 10. The molecule has 6 nitrogen and oxygen atoms in total. The monoisotopic (exact) mass is 340 g/mol. The molecule has 0 atom stereocenters. The fourth-order valence-corrected chi connectivity index (χ4v) is 2.77. The molecule has 2 N–H and O–H groups in total. The third-order valence-corrected chi connectivity index (χ3v) is 4.16. The number of unbranched alkanes of at least 4 members (excludes halogenated alkanes) is 2. The predicted molar refractivity (Wildman–Crippen MR) is 93.7 cm³/mol.